The van der Waals surface area contributed by atoms with Crippen LogP contribution in [0.4, 0.5) is 0 Å². The van der Waals surface area contributed by atoms with Crippen LogP contribution >= 0.6 is 22.9 Å². The molecule has 6 heteroatoms. The van der Waals surface area contributed by atoms with Gasteiger partial charge >= 0.3 is 5.97 Å². The second-order valence-electron chi connectivity index (χ2n) is 5.27. The fourth-order valence-electron chi connectivity index (χ4n) is 2.84. The molecule has 0 aliphatic carbocycles. The van der Waals surface area contributed by atoms with Crippen LogP contribution < -0.4 is 0 Å². The van der Waals surface area contributed by atoms with Crippen LogP contribution in [-0.2, 0) is 9.53 Å². The zero-order chi connectivity index (χ0) is 15.7. The van der Waals surface area contributed by atoms with Crippen LogP contribution in [-0.4, -0.2) is 36.5 Å². The van der Waals surface area contributed by atoms with Crippen LogP contribution in [0.3, 0.4) is 0 Å². The molecule has 1 unspecified atom stereocenters. The van der Waals surface area contributed by atoms with Crippen LogP contribution in [0.1, 0.15) is 28.9 Å². The van der Waals surface area contributed by atoms with Crippen LogP contribution in [0.25, 0.3) is 10.1 Å². The molecule has 22 heavy (non-hydrogen) atoms. The van der Waals surface area contributed by atoms with Crippen molar-refractivity contribution in [3.63, 3.8) is 0 Å². The number of carbonyl (C=O) groups excluding carboxylic acids is 2. The SMILES string of the molecule is COC(=O)C1CCCCN1C(=O)c1sc2ccccc2c1Cl. The lowest BCUT2D eigenvalue weighted by Crippen LogP contribution is -2.48. The summed E-state index contributed by atoms with van der Waals surface area (Å²) in [6.07, 6.45) is 2.45. The van der Waals surface area contributed by atoms with Gasteiger partial charge in [-0.25, -0.2) is 4.79 Å². The van der Waals surface area contributed by atoms with Gasteiger partial charge in [0.2, 0.25) is 0 Å². The predicted octanol–water partition coefficient (Wildman–Crippen LogP) is 3.72. The number of halogens is 1. The summed E-state index contributed by atoms with van der Waals surface area (Å²) >= 11 is 7.75. The first-order chi connectivity index (χ1) is 10.6. The molecule has 1 fully saturated rings. The van der Waals surface area contributed by atoms with E-state index in [-0.39, 0.29) is 11.9 Å². The van der Waals surface area contributed by atoms with E-state index >= 15 is 0 Å². The number of methoxy groups -OCH3 is 1. The van der Waals surface area contributed by atoms with Crippen molar-refractivity contribution in [1.82, 2.24) is 4.90 Å². The molecular weight excluding hydrogens is 322 g/mol. The number of carbonyl (C=O) groups is 2. The number of likely N-dealkylation sites (tertiary alicyclic amines) is 1. The van der Waals surface area contributed by atoms with Gasteiger partial charge in [0.15, 0.2) is 0 Å². The first-order valence-electron chi connectivity index (χ1n) is 7.19. The van der Waals surface area contributed by atoms with E-state index in [0.29, 0.717) is 22.9 Å². The lowest BCUT2D eigenvalue weighted by molar-refractivity contribution is -0.147. The molecule has 0 N–H and O–H groups in total. The van der Waals surface area contributed by atoms with Gasteiger partial charge in [0.1, 0.15) is 10.9 Å². The summed E-state index contributed by atoms with van der Waals surface area (Å²) in [7, 11) is 1.35. The fourth-order valence-corrected chi connectivity index (χ4v) is 4.31. The Balaban J connectivity index is 1.97. The van der Waals surface area contributed by atoms with E-state index in [4.69, 9.17) is 16.3 Å². The fraction of sp³-hybridized carbons (Fsp3) is 0.375. The molecule has 1 aromatic heterocycles. The molecule has 0 spiro atoms. The van der Waals surface area contributed by atoms with Gasteiger partial charge in [-0.2, -0.15) is 0 Å². The zero-order valence-corrected chi connectivity index (χ0v) is 13.7. The highest BCUT2D eigenvalue weighted by Gasteiger charge is 2.35. The standard InChI is InChI=1S/C16H16ClNO3S/c1-21-16(20)11-7-4-5-9-18(11)15(19)14-13(17)10-6-2-3-8-12(10)22-14/h2-3,6,8,11H,4-5,7,9H2,1H3. The summed E-state index contributed by atoms with van der Waals surface area (Å²) in [5.74, 6) is -0.536. The zero-order valence-electron chi connectivity index (χ0n) is 12.2. The summed E-state index contributed by atoms with van der Waals surface area (Å²) in [4.78, 5) is 26.9. The summed E-state index contributed by atoms with van der Waals surface area (Å²) in [6, 6.07) is 7.15. The lowest BCUT2D eigenvalue weighted by Gasteiger charge is -2.33. The molecule has 1 aromatic carbocycles. The largest absolute Gasteiger partial charge is 0.467 e. The van der Waals surface area contributed by atoms with Crippen molar-refractivity contribution in [3.05, 3.63) is 34.2 Å². The third-order valence-corrected chi connectivity index (χ3v) is 5.63. The molecule has 2 heterocycles. The second kappa shape index (κ2) is 6.26. The number of thiophene rings is 1. The van der Waals surface area contributed by atoms with E-state index in [1.54, 1.807) is 4.90 Å². The highest BCUT2D eigenvalue weighted by atomic mass is 35.5. The maximum atomic E-state index is 12.9. The van der Waals surface area contributed by atoms with Crippen molar-refractivity contribution in [1.29, 1.82) is 0 Å². The molecule has 1 amide bonds. The highest BCUT2D eigenvalue weighted by molar-refractivity contribution is 7.21. The molecule has 1 aliphatic heterocycles. The van der Waals surface area contributed by atoms with Crippen molar-refractivity contribution in [2.24, 2.45) is 0 Å². The molecule has 1 aliphatic rings. The van der Waals surface area contributed by atoms with Gasteiger partial charge < -0.3 is 9.64 Å². The third kappa shape index (κ3) is 2.59. The maximum absolute atomic E-state index is 12.9. The molecule has 1 saturated heterocycles. The normalized spacial score (nSPS) is 18.5. The number of amides is 1. The molecule has 4 nitrogen and oxygen atoms in total. The van der Waals surface area contributed by atoms with Gasteiger partial charge in [-0.3, -0.25) is 4.79 Å². The Morgan fingerprint density at radius 2 is 2.09 bits per heavy atom. The number of hydrogen-bond acceptors (Lipinski definition) is 4. The number of nitrogens with zero attached hydrogens (tertiary/aromatic N) is 1. The third-order valence-electron chi connectivity index (χ3n) is 3.97. The van der Waals surface area contributed by atoms with E-state index in [2.05, 4.69) is 0 Å². The van der Waals surface area contributed by atoms with Crippen LogP contribution in [0.5, 0.6) is 0 Å². The average Bonchev–Trinajstić information content (AvgIpc) is 2.91. The summed E-state index contributed by atoms with van der Waals surface area (Å²) in [5.41, 5.74) is 0. The summed E-state index contributed by atoms with van der Waals surface area (Å²) < 4.78 is 5.81. The Kier molecular flexibility index (Phi) is 4.36. The smallest absolute Gasteiger partial charge is 0.328 e. The molecule has 0 saturated carbocycles. The number of hydrogen-bond donors (Lipinski definition) is 0. The number of piperidine rings is 1. The Hall–Kier alpha value is -1.59. The number of ether oxygens (including phenoxy) is 1. The molecule has 3 rings (SSSR count). The monoisotopic (exact) mass is 337 g/mol. The van der Waals surface area contributed by atoms with Gasteiger partial charge in [0.05, 0.1) is 12.1 Å². The van der Waals surface area contributed by atoms with Crippen LogP contribution in [0, 0.1) is 0 Å². The van der Waals surface area contributed by atoms with E-state index < -0.39 is 6.04 Å². The molecule has 0 radical (unpaired) electrons. The Morgan fingerprint density at radius 1 is 1.32 bits per heavy atom. The van der Waals surface area contributed by atoms with Crippen molar-refractivity contribution >= 4 is 44.9 Å². The topological polar surface area (TPSA) is 46.6 Å². The second-order valence-corrected chi connectivity index (χ2v) is 6.70. The molecule has 0 bridgehead atoms. The van der Waals surface area contributed by atoms with Gasteiger partial charge in [-0.05, 0) is 25.3 Å². The van der Waals surface area contributed by atoms with E-state index in [1.165, 1.54) is 18.4 Å². The highest BCUT2D eigenvalue weighted by Crippen LogP contribution is 2.36. The molecular formula is C16H16ClNO3S. The minimum Gasteiger partial charge on any atom is -0.467 e. The minimum atomic E-state index is -0.507. The number of esters is 1. The predicted molar refractivity (Wildman–Crippen MR) is 87.5 cm³/mol. The Bertz CT molecular complexity index is 727. The van der Waals surface area contributed by atoms with Crippen molar-refractivity contribution in [2.45, 2.75) is 25.3 Å². The number of rotatable bonds is 2. The maximum Gasteiger partial charge on any atom is 0.328 e. The van der Waals surface area contributed by atoms with E-state index in [1.807, 2.05) is 24.3 Å². The quantitative estimate of drug-likeness (QED) is 0.784. The van der Waals surface area contributed by atoms with Gasteiger partial charge in [0.25, 0.3) is 5.91 Å². The summed E-state index contributed by atoms with van der Waals surface area (Å²) in [5, 5.41) is 1.35. The molecule has 116 valence electrons. The first kappa shape index (κ1) is 15.3. The van der Waals surface area contributed by atoms with E-state index in [0.717, 1.165) is 22.9 Å². The van der Waals surface area contributed by atoms with Gasteiger partial charge in [-0.15, -0.1) is 11.3 Å². The first-order valence-corrected chi connectivity index (χ1v) is 8.38. The summed E-state index contributed by atoms with van der Waals surface area (Å²) in [6.45, 7) is 0.559. The van der Waals surface area contributed by atoms with Gasteiger partial charge in [-0.1, -0.05) is 29.8 Å². The minimum absolute atomic E-state index is 0.179. The Morgan fingerprint density at radius 3 is 2.82 bits per heavy atom. The van der Waals surface area contributed by atoms with Crippen molar-refractivity contribution in [3.8, 4) is 0 Å². The lowest BCUT2D eigenvalue weighted by atomic mass is 10.0. The van der Waals surface area contributed by atoms with Crippen LogP contribution in [0.2, 0.25) is 5.02 Å². The Labute approximate surface area is 137 Å². The van der Waals surface area contributed by atoms with Crippen molar-refractivity contribution < 1.29 is 14.3 Å². The van der Waals surface area contributed by atoms with Gasteiger partial charge in [0, 0.05) is 16.6 Å². The number of fused-ring (bicyclic) bond motifs is 1. The average molecular weight is 338 g/mol. The van der Waals surface area contributed by atoms with E-state index in [9.17, 15) is 9.59 Å². The van der Waals surface area contributed by atoms with Crippen LogP contribution in [0.15, 0.2) is 24.3 Å². The van der Waals surface area contributed by atoms with Crippen molar-refractivity contribution in [2.75, 3.05) is 13.7 Å². The molecule has 1 atom stereocenters. The molecule has 2 aromatic rings. The number of benzene rings is 1.